The number of amides is 1. The Morgan fingerprint density at radius 1 is 0.929 bits per heavy atom. The van der Waals surface area contributed by atoms with Crippen LogP contribution in [-0.2, 0) is 4.79 Å². The van der Waals surface area contributed by atoms with E-state index in [9.17, 15) is 9.59 Å². The zero-order valence-corrected chi connectivity index (χ0v) is 16.0. The number of nitrogens with zero attached hydrogens (tertiary/aromatic N) is 2. The summed E-state index contributed by atoms with van der Waals surface area (Å²) >= 11 is 0. The number of carbonyl (C=O) groups is 2. The van der Waals surface area contributed by atoms with Crippen molar-refractivity contribution in [1.29, 1.82) is 0 Å². The molecule has 2 fully saturated rings. The number of hydrogen-bond acceptors (Lipinski definition) is 4. The molecule has 2 aliphatic rings. The summed E-state index contributed by atoms with van der Waals surface area (Å²) in [6.45, 7) is 3.89. The van der Waals surface area contributed by atoms with Crippen molar-refractivity contribution in [1.82, 2.24) is 9.80 Å². The van der Waals surface area contributed by atoms with E-state index in [1.807, 2.05) is 59.5 Å². The number of benzene rings is 2. The summed E-state index contributed by atoms with van der Waals surface area (Å²) in [6, 6.07) is 16.6. The number of ketones is 1. The van der Waals surface area contributed by atoms with Crippen LogP contribution in [0.25, 0.3) is 0 Å². The topological polar surface area (TPSA) is 49.9 Å². The van der Waals surface area contributed by atoms with Crippen LogP contribution >= 0.6 is 0 Å². The van der Waals surface area contributed by atoms with Gasteiger partial charge in [-0.2, -0.15) is 0 Å². The normalized spacial score (nSPS) is 19.7. The molecule has 2 aliphatic heterocycles. The molecular weight excluding hydrogens is 352 g/mol. The first-order valence-corrected chi connectivity index (χ1v) is 10.1. The maximum absolute atomic E-state index is 12.6. The largest absolute Gasteiger partial charge is 0.489 e. The highest BCUT2D eigenvalue weighted by Crippen LogP contribution is 2.21. The van der Waals surface area contributed by atoms with Gasteiger partial charge in [0, 0.05) is 37.3 Å². The van der Waals surface area contributed by atoms with E-state index < -0.39 is 0 Å². The molecule has 146 valence electrons. The molecule has 28 heavy (non-hydrogen) atoms. The van der Waals surface area contributed by atoms with Gasteiger partial charge in [0.2, 0.25) is 5.91 Å². The average Bonchev–Trinajstić information content (AvgIpc) is 3.41. The van der Waals surface area contributed by atoms with Gasteiger partial charge in [-0.1, -0.05) is 42.5 Å². The van der Waals surface area contributed by atoms with E-state index in [1.54, 1.807) is 0 Å². The SMILES string of the molecule is O=C(c1ccccc1)c1cccc(O[C@H]2CCN(CC(=O)N3CCCC3)C2)c1. The molecular formula is C23H26N2O3. The number of carbonyl (C=O) groups excluding carboxylic acids is 2. The molecule has 1 atom stereocenters. The molecule has 2 aromatic carbocycles. The Labute approximate surface area is 165 Å². The Morgan fingerprint density at radius 2 is 1.68 bits per heavy atom. The van der Waals surface area contributed by atoms with Crippen molar-refractivity contribution in [3.05, 3.63) is 65.7 Å². The van der Waals surface area contributed by atoms with Crippen LogP contribution < -0.4 is 4.74 Å². The van der Waals surface area contributed by atoms with Gasteiger partial charge in [0.1, 0.15) is 11.9 Å². The van der Waals surface area contributed by atoms with E-state index in [0.29, 0.717) is 23.4 Å². The van der Waals surface area contributed by atoms with E-state index in [-0.39, 0.29) is 17.8 Å². The smallest absolute Gasteiger partial charge is 0.236 e. The number of ether oxygens (including phenoxy) is 1. The van der Waals surface area contributed by atoms with Crippen molar-refractivity contribution in [3.8, 4) is 5.75 Å². The third kappa shape index (κ3) is 4.42. The lowest BCUT2D eigenvalue weighted by Gasteiger charge is -2.21. The highest BCUT2D eigenvalue weighted by Gasteiger charge is 2.28. The Morgan fingerprint density at radius 3 is 2.46 bits per heavy atom. The lowest BCUT2D eigenvalue weighted by Crippen LogP contribution is -2.38. The molecule has 0 unspecified atom stereocenters. The maximum atomic E-state index is 12.6. The molecule has 5 heteroatoms. The summed E-state index contributed by atoms with van der Waals surface area (Å²) in [6.07, 6.45) is 3.18. The first kappa shape index (κ1) is 18.7. The van der Waals surface area contributed by atoms with Gasteiger partial charge in [-0.15, -0.1) is 0 Å². The Kier molecular flexibility index (Phi) is 5.72. The quantitative estimate of drug-likeness (QED) is 0.725. The Hall–Kier alpha value is -2.66. The van der Waals surface area contributed by atoms with Crippen LogP contribution in [0.2, 0.25) is 0 Å². The van der Waals surface area contributed by atoms with Gasteiger partial charge in [-0.3, -0.25) is 14.5 Å². The predicted octanol–water partition coefficient (Wildman–Crippen LogP) is 2.99. The fourth-order valence-electron chi connectivity index (χ4n) is 3.95. The second kappa shape index (κ2) is 8.57. The van der Waals surface area contributed by atoms with Gasteiger partial charge in [0.05, 0.1) is 6.54 Å². The highest BCUT2D eigenvalue weighted by molar-refractivity contribution is 6.09. The second-order valence-corrected chi connectivity index (χ2v) is 7.57. The lowest BCUT2D eigenvalue weighted by molar-refractivity contribution is -0.131. The summed E-state index contributed by atoms with van der Waals surface area (Å²) in [5.41, 5.74) is 1.30. The van der Waals surface area contributed by atoms with E-state index in [0.717, 1.165) is 45.4 Å². The molecule has 2 aromatic rings. The van der Waals surface area contributed by atoms with E-state index in [2.05, 4.69) is 4.90 Å². The zero-order chi connectivity index (χ0) is 19.3. The minimum Gasteiger partial charge on any atom is -0.489 e. The standard InChI is InChI=1S/C23H26N2O3/c26-22(25-12-4-5-13-25)17-24-14-11-21(16-24)28-20-10-6-9-19(15-20)23(27)18-7-2-1-3-8-18/h1-3,6-10,15,21H,4-5,11-14,16-17H2/t21-/m0/s1. The van der Waals surface area contributed by atoms with Gasteiger partial charge < -0.3 is 9.64 Å². The van der Waals surface area contributed by atoms with Crippen molar-refractivity contribution in [2.45, 2.75) is 25.4 Å². The Balaban J connectivity index is 1.33. The molecule has 0 aliphatic carbocycles. The maximum Gasteiger partial charge on any atom is 0.236 e. The molecule has 0 N–H and O–H groups in total. The minimum absolute atomic E-state index is 0.00434. The summed E-state index contributed by atoms with van der Waals surface area (Å²) in [5, 5.41) is 0. The van der Waals surface area contributed by atoms with Crippen molar-refractivity contribution in [3.63, 3.8) is 0 Å². The number of hydrogen-bond donors (Lipinski definition) is 0. The van der Waals surface area contributed by atoms with Crippen LogP contribution in [0.4, 0.5) is 0 Å². The number of likely N-dealkylation sites (tertiary alicyclic amines) is 2. The highest BCUT2D eigenvalue weighted by atomic mass is 16.5. The zero-order valence-electron chi connectivity index (χ0n) is 16.0. The average molecular weight is 378 g/mol. The molecule has 4 rings (SSSR count). The summed E-state index contributed by atoms with van der Waals surface area (Å²) in [5.74, 6) is 0.934. The van der Waals surface area contributed by atoms with Crippen LogP contribution in [0.1, 0.15) is 35.2 Å². The van der Waals surface area contributed by atoms with Gasteiger partial charge in [-0.25, -0.2) is 0 Å². The lowest BCUT2D eigenvalue weighted by atomic mass is 10.0. The van der Waals surface area contributed by atoms with Crippen LogP contribution in [-0.4, -0.2) is 60.3 Å². The minimum atomic E-state index is -0.00434. The van der Waals surface area contributed by atoms with Gasteiger partial charge in [0.15, 0.2) is 5.78 Å². The molecule has 0 spiro atoms. The van der Waals surface area contributed by atoms with E-state index >= 15 is 0 Å². The van der Waals surface area contributed by atoms with E-state index in [1.165, 1.54) is 0 Å². The first-order chi connectivity index (χ1) is 13.7. The van der Waals surface area contributed by atoms with Gasteiger partial charge in [0.25, 0.3) is 0 Å². The summed E-state index contributed by atoms with van der Waals surface area (Å²) in [7, 11) is 0. The molecule has 2 heterocycles. The molecule has 0 bridgehead atoms. The Bertz CT molecular complexity index is 831. The molecule has 0 aromatic heterocycles. The molecule has 1 amide bonds. The predicted molar refractivity (Wildman–Crippen MR) is 108 cm³/mol. The second-order valence-electron chi connectivity index (χ2n) is 7.57. The van der Waals surface area contributed by atoms with Crippen LogP contribution in [0.3, 0.4) is 0 Å². The van der Waals surface area contributed by atoms with Crippen LogP contribution in [0.15, 0.2) is 54.6 Å². The third-order valence-electron chi connectivity index (χ3n) is 5.48. The van der Waals surface area contributed by atoms with E-state index in [4.69, 9.17) is 4.74 Å². The fraction of sp³-hybridized carbons (Fsp3) is 0.391. The first-order valence-electron chi connectivity index (χ1n) is 10.1. The summed E-state index contributed by atoms with van der Waals surface area (Å²) in [4.78, 5) is 29.1. The van der Waals surface area contributed by atoms with Crippen molar-refractivity contribution >= 4 is 11.7 Å². The van der Waals surface area contributed by atoms with Crippen LogP contribution in [0, 0.1) is 0 Å². The molecule has 0 saturated carbocycles. The third-order valence-corrected chi connectivity index (χ3v) is 5.48. The monoisotopic (exact) mass is 378 g/mol. The van der Waals surface area contributed by atoms with Crippen molar-refractivity contribution in [2.24, 2.45) is 0 Å². The van der Waals surface area contributed by atoms with Crippen molar-refractivity contribution < 1.29 is 14.3 Å². The van der Waals surface area contributed by atoms with Gasteiger partial charge >= 0.3 is 0 Å². The molecule has 0 radical (unpaired) electrons. The van der Waals surface area contributed by atoms with Crippen molar-refractivity contribution in [2.75, 3.05) is 32.7 Å². The molecule has 2 saturated heterocycles. The molecule has 5 nitrogen and oxygen atoms in total. The summed E-state index contributed by atoms with van der Waals surface area (Å²) < 4.78 is 6.12. The fourth-order valence-corrected chi connectivity index (χ4v) is 3.95. The number of rotatable bonds is 6. The van der Waals surface area contributed by atoms with Crippen LogP contribution in [0.5, 0.6) is 5.75 Å². The van der Waals surface area contributed by atoms with Gasteiger partial charge in [-0.05, 0) is 31.4 Å².